The number of aromatic nitrogens is 4. The van der Waals surface area contributed by atoms with Gasteiger partial charge in [0.15, 0.2) is 0 Å². The van der Waals surface area contributed by atoms with Crippen LogP contribution < -0.4 is 10.1 Å². The maximum atomic E-state index is 12.6. The first-order chi connectivity index (χ1) is 14.2. The smallest absolute Gasteiger partial charge is 0.271 e. The molecule has 9 nitrogen and oxygen atoms in total. The molecule has 1 fully saturated rings. The van der Waals surface area contributed by atoms with E-state index in [0.29, 0.717) is 43.3 Å². The van der Waals surface area contributed by atoms with Crippen molar-refractivity contribution >= 4 is 11.8 Å². The van der Waals surface area contributed by atoms with Crippen LogP contribution in [0.15, 0.2) is 49.1 Å². The van der Waals surface area contributed by atoms with Crippen molar-refractivity contribution in [1.29, 1.82) is 0 Å². The van der Waals surface area contributed by atoms with Gasteiger partial charge in [0.05, 0.1) is 25.0 Å². The lowest BCUT2D eigenvalue weighted by molar-refractivity contribution is -0.129. The van der Waals surface area contributed by atoms with E-state index >= 15 is 0 Å². The largest absolute Gasteiger partial charge is 0.496 e. The molecule has 2 aromatic heterocycles. The molecule has 1 aliphatic heterocycles. The summed E-state index contributed by atoms with van der Waals surface area (Å²) in [5.74, 6) is 0.308. The van der Waals surface area contributed by atoms with Gasteiger partial charge in [-0.3, -0.25) is 14.7 Å². The van der Waals surface area contributed by atoms with E-state index in [1.165, 1.54) is 0 Å². The number of imidazole rings is 1. The highest BCUT2D eigenvalue weighted by Gasteiger charge is 2.36. The first-order valence-corrected chi connectivity index (χ1v) is 9.37. The summed E-state index contributed by atoms with van der Waals surface area (Å²) in [4.78, 5) is 30.5. The Morgan fingerprint density at radius 3 is 2.90 bits per heavy atom. The van der Waals surface area contributed by atoms with Crippen LogP contribution in [0.5, 0.6) is 5.75 Å². The average molecular weight is 394 g/mol. The molecule has 2 amide bonds. The molecule has 3 heterocycles. The second kappa shape index (κ2) is 8.17. The van der Waals surface area contributed by atoms with E-state index in [-0.39, 0.29) is 17.7 Å². The van der Waals surface area contributed by atoms with Crippen LogP contribution >= 0.6 is 0 Å². The summed E-state index contributed by atoms with van der Waals surface area (Å²) >= 11 is 0. The van der Waals surface area contributed by atoms with E-state index in [1.807, 2.05) is 35.0 Å². The van der Waals surface area contributed by atoms with Crippen LogP contribution in [0.3, 0.4) is 0 Å². The Morgan fingerprint density at radius 2 is 2.14 bits per heavy atom. The van der Waals surface area contributed by atoms with Gasteiger partial charge in [-0.25, -0.2) is 4.98 Å². The quantitative estimate of drug-likeness (QED) is 0.626. The third-order valence-electron chi connectivity index (χ3n) is 4.96. The Bertz CT molecular complexity index is 991. The second-order valence-corrected chi connectivity index (χ2v) is 6.87. The third-order valence-corrected chi connectivity index (χ3v) is 4.96. The van der Waals surface area contributed by atoms with Crippen molar-refractivity contribution in [3.8, 4) is 17.0 Å². The molecule has 0 bridgehead atoms. The van der Waals surface area contributed by atoms with Crippen LogP contribution in [0.2, 0.25) is 0 Å². The number of carbonyl (C=O) groups is 2. The highest BCUT2D eigenvalue weighted by molar-refractivity contribution is 5.95. The van der Waals surface area contributed by atoms with Gasteiger partial charge in [0, 0.05) is 44.1 Å². The number of methoxy groups -OCH3 is 1. The van der Waals surface area contributed by atoms with Crippen molar-refractivity contribution in [1.82, 2.24) is 30.0 Å². The van der Waals surface area contributed by atoms with E-state index in [4.69, 9.17) is 4.74 Å². The summed E-state index contributed by atoms with van der Waals surface area (Å²) in [6.07, 6.45) is 5.26. The maximum absolute atomic E-state index is 12.6. The SMILES string of the molecule is COc1ccccc1-c1cc(C(=O)N2CC(C(=O)NCCn3ccnc3)C2)[nH]n1. The minimum Gasteiger partial charge on any atom is -0.496 e. The molecule has 0 aliphatic carbocycles. The van der Waals surface area contributed by atoms with Gasteiger partial charge in [-0.1, -0.05) is 12.1 Å². The fourth-order valence-corrected chi connectivity index (χ4v) is 3.28. The normalized spacial score (nSPS) is 13.8. The molecule has 1 aliphatic rings. The Hall–Kier alpha value is -3.62. The van der Waals surface area contributed by atoms with E-state index in [2.05, 4.69) is 20.5 Å². The highest BCUT2D eigenvalue weighted by Crippen LogP contribution is 2.29. The molecule has 150 valence electrons. The summed E-state index contributed by atoms with van der Waals surface area (Å²) in [6, 6.07) is 9.20. The highest BCUT2D eigenvalue weighted by atomic mass is 16.5. The molecule has 29 heavy (non-hydrogen) atoms. The van der Waals surface area contributed by atoms with Crippen molar-refractivity contribution in [2.45, 2.75) is 6.54 Å². The number of benzene rings is 1. The zero-order valence-electron chi connectivity index (χ0n) is 16.0. The topological polar surface area (TPSA) is 105 Å². The molecule has 1 aromatic carbocycles. The number of ether oxygens (including phenoxy) is 1. The lowest BCUT2D eigenvalue weighted by Gasteiger charge is -2.37. The summed E-state index contributed by atoms with van der Waals surface area (Å²) in [5.41, 5.74) is 1.84. The number of carbonyl (C=O) groups excluding carboxylic acids is 2. The van der Waals surface area contributed by atoms with Crippen LogP contribution in [0.25, 0.3) is 11.3 Å². The molecule has 2 N–H and O–H groups in total. The number of hydrogen-bond donors (Lipinski definition) is 2. The molecule has 1 saturated heterocycles. The number of amides is 2. The van der Waals surface area contributed by atoms with E-state index in [9.17, 15) is 9.59 Å². The van der Waals surface area contributed by atoms with Gasteiger partial charge in [-0.05, 0) is 18.2 Å². The zero-order valence-corrected chi connectivity index (χ0v) is 16.0. The minimum atomic E-state index is -0.182. The van der Waals surface area contributed by atoms with Crippen LogP contribution in [0, 0.1) is 5.92 Å². The van der Waals surface area contributed by atoms with Gasteiger partial charge < -0.3 is 19.5 Å². The number of nitrogens with one attached hydrogen (secondary N) is 2. The molecule has 0 unspecified atom stereocenters. The summed E-state index contributed by atoms with van der Waals surface area (Å²) in [5, 5.41) is 9.93. The van der Waals surface area contributed by atoms with Crippen molar-refractivity contribution in [2.75, 3.05) is 26.7 Å². The molecule has 9 heteroatoms. The van der Waals surface area contributed by atoms with E-state index in [1.54, 1.807) is 30.6 Å². The molecule has 0 spiro atoms. The number of likely N-dealkylation sites (tertiary alicyclic amines) is 1. The fraction of sp³-hybridized carbons (Fsp3) is 0.300. The average Bonchev–Trinajstić information content (AvgIpc) is 3.39. The first-order valence-electron chi connectivity index (χ1n) is 9.37. The van der Waals surface area contributed by atoms with Gasteiger partial charge >= 0.3 is 0 Å². The van der Waals surface area contributed by atoms with Crippen molar-refractivity contribution in [3.05, 3.63) is 54.7 Å². The molecule has 0 radical (unpaired) electrons. The van der Waals surface area contributed by atoms with Crippen molar-refractivity contribution in [3.63, 3.8) is 0 Å². The molecule has 4 rings (SSSR count). The molecular formula is C20H22N6O3. The zero-order chi connectivity index (χ0) is 20.2. The lowest BCUT2D eigenvalue weighted by atomic mass is 9.98. The monoisotopic (exact) mass is 394 g/mol. The van der Waals surface area contributed by atoms with E-state index in [0.717, 1.165) is 5.56 Å². The Balaban J connectivity index is 1.29. The number of rotatable bonds is 7. The van der Waals surface area contributed by atoms with Crippen LogP contribution in [0.4, 0.5) is 0 Å². The molecule has 0 saturated carbocycles. The van der Waals surface area contributed by atoms with Crippen LogP contribution in [-0.2, 0) is 11.3 Å². The van der Waals surface area contributed by atoms with Crippen LogP contribution in [0.1, 0.15) is 10.5 Å². The number of hydrogen-bond acceptors (Lipinski definition) is 5. The second-order valence-electron chi connectivity index (χ2n) is 6.87. The predicted octanol–water partition coefficient (Wildman–Crippen LogP) is 1.17. The minimum absolute atomic E-state index is 0.0338. The molecule has 0 atom stereocenters. The lowest BCUT2D eigenvalue weighted by Crippen LogP contribution is -2.56. The summed E-state index contributed by atoms with van der Waals surface area (Å²) in [7, 11) is 1.60. The van der Waals surface area contributed by atoms with Gasteiger partial charge in [0.1, 0.15) is 11.4 Å². The summed E-state index contributed by atoms with van der Waals surface area (Å²) in [6.45, 7) is 2.00. The standard InChI is InChI=1S/C20H22N6O3/c1-29-18-5-3-2-4-15(18)16-10-17(24-23-16)20(28)26-11-14(12-26)19(27)22-7-9-25-8-6-21-13-25/h2-6,8,10,13-14H,7,9,11-12H2,1H3,(H,22,27)(H,23,24). The third kappa shape index (κ3) is 3.98. The van der Waals surface area contributed by atoms with Crippen LogP contribution in [-0.4, -0.2) is 63.2 Å². The predicted molar refractivity (Wildman–Crippen MR) is 105 cm³/mol. The Kier molecular flexibility index (Phi) is 5.28. The van der Waals surface area contributed by atoms with Crippen molar-refractivity contribution in [2.24, 2.45) is 5.92 Å². The van der Waals surface area contributed by atoms with Gasteiger partial charge in [0.2, 0.25) is 5.91 Å². The van der Waals surface area contributed by atoms with Crippen molar-refractivity contribution < 1.29 is 14.3 Å². The van der Waals surface area contributed by atoms with Gasteiger partial charge in [-0.2, -0.15) is 5.10 Å². The maximum Gasteiger partial charge on any atom is 0.271 e. The molecular weight excluding hydrogens is 372 g/mol. The van der Waals surface area contributed by atoms with E-state index < -0.39 is 0 Å². The summed E-state index contributed by atoms with van der Waals surface area (Å²) < 4.78 is 7.24. The number of nitrogens with zero attached hydrogens (tertiary/aromatic N) is 4. The van der Waals surface area contributed by atoms with Gasteiger partial charge in [0.25, 0.3) is 5.91 Å². The number of aromatic amines is 1. The first kappa shape index (κ1) is 18.7. The Labute approximate surface area is 167 Å². The molecule has 3 aromatic rings. The number of H-pyrrole nitrogens is 1. The number of para-hydroxylation sites is 1. The fourth-order valence-electron chi connectivity index (χ4n) is 3.28. The van der Waals surface area contributed by atoms with Gasteiger partial charge in [-0.15, -0.1) is 0 Å². The Morgan fingerprint density at radius 1 is 1.31 bits per heavy atom.